The molecule has 1 fully saturated rings. The van der Waals surface area contributed by atoms with Gasteiger partial charge in [-0.15, -0.1) is 0 Å². The maximum atomic E-state index is 12.0. The van der Waals surface area contributed by atoms with Crippen LogP contribution in [0.1, 0.15) is 58.4 Å². The third-order valence-corrected chi connectivity index (χ3v) is 4.49. The number of nitrogens with zero attached hydrogens (tertiary/aromatic N) is 1. The van der Waals surface area contributed by atoms with Crippen molar-refractivity contribution in [2.45, 2.75) is 71.2 Å². The zero-order chi connectivity index (χ0) is 19.5. The molecule has 5 heteroatoms. The van der Waals surface area contributed by atoms with Crippen molar-refractivity contribution in [2.24, 2.45) is 0 Å². The van der Waals surface area contributed by atoms with E-state index in [4.69, 9.17) is 14.2 Å². The number of carbonyl (C=O) groups excluding carboxylic acids is 1. The first-order valence-electron chi connectivity index (χ1n) is 10.2. The number of likely N-dealkylation sites (tertiary alicyclic amines) is 1. The Labute approximate surface area is 164 Å². The molecule has 152 valence electrons. The van der Waals surface area contributed by atoms with Gasteiger partial charge in [-0.3, -0.25) is 0 Å². The smallest absolute Gasteiger partial charge is 0.410 e. The van der Waals surface area contributed by atoms with E-state index in [9.17, 15) is 4.79 Å². The van der Waals surface area contributed by atoms with Gasteiger partial charge < -0.3 is 19.1 Å². The highest BCUT2D eigenvalue weighted by Crippen LogP contribution is 2.17. The molecule has 1 heterocycles. The van der Waals surface area contributed by atoms with Crippen LogP contribution in [0.5, 0.6) is 0 Å². The predicted octanol–water partition coefficient (Wildman–Crippen LogP) is 4.79. The van der Waals surface area contributed by atoms with Crippen molar-refractivity contribution >= 4 is 6.09 Å². The van der Waals surface area contributed by atoms with E-state index in [1.807, 2.05) is 39.0 Å². The van der Waals surface area contributed by atoms with Crippen LogP contribution in [-0.2, 0) is 20.8 Å². The van der Waals surface area contributed by atoms with Gasteiger partial charge in [-0.2, -0.15) is 0 Å². The summed E-state index contributed by atoms with van der Waals surface area (Å²) >= 11 is 0. The van der Waals surface area contributed by atoms with Crippen LogP contribution in [0.3, 0.4) is 0 Å². The fourth-order valence-corrected chi connectivity index (χ4v) is 3.03. The SMILES string of the molecule is CC(C)(C)OC(=O)N1CCC(OCCCCCOCc2ccccc2)CC1. The third kappa shape index (κ3) is 9.25. The Hall–Kier alpha value is -1.59. The molecule has 0 N–H and O–H groups in total. The van der Waals surface area contributed by atoms with Crippen LogP contribution in [0.2, 0.25) is 0 Å². The Morgan fingerprint density at radius 2 is 1.70 bits per heavy atom. The highest BCUT2D eigenvalue weighted by Gasteiger charge is 2.26. The summed E-state index contributed by atoms with van der Waals surface area (Å²) in [6, 6.07) is 10.3. The summed E-state index contributed by atoms with van der Waals surface area (Å²) in [5.74, 6) is 0. The first kappa shape index (κ1) is 21.7. The first-order chi connectivity index (χ1) is 12.9. The first-order valence-corrected chi connectivity index (χ1v) is 10.2. The van der Waals surface area contributed by atoms with Gasteiger partial charge in [0.05, 0.1) is 12.7 Å². The number of rotatable bonds is 9. The largest absolute Gasteiger partial charge is 0.444 e. The molecule has 0 saturated carbocycles. The van der Waals surface area contributed by atoms with Crippen LogP contribution in [0, 0.1) is 0 Å². The number of piperidine rings is 1. The Morgan fingerprint density at radius 1 is 1.04 bits per heavy atom. The summed E-state index contributed by atoms with van der Waals surface area (Å²) in [6.45, 7) is 9.39. The van der Waals surface area contributed by atoms with Gasteiger partial charge in [0.25, 0.3) is 0 Å². The van der Waals surface area contributed by atoms with Crippen LogP contribution in [-0.4, -0.2) is 49.0 Å². The molecule has 0 aromatic heterocycles. The lowest BCUT2D eigenvalue weighted by atomic mass is 10.1. The monoisotopic (exact) mass is 377 g/mol. The molecule has 0 radical (unpaired) electrons. The Morgan fingerprint density at radius 3 is 2.37 bits per heavy atom. The molecule has 0 atom stereocenters. The van der Waals surface area contributed by atoms with E-state index >= 15 is 0 Å². The van der Waals surface area contributed by atoms with Gasteiger partial charge in [0.1, 0.15) is 5.60 Å². The summed E-state index contributed by atoms with van der Waals surface area (Å²) in [5, 5.41) is 0. The average molecular weight is 378 g/mol. The number of amides is 1. The number of benzene rings is 1. The minimum absolute atomic E-state index is 0.212. The normalized spacial score (nSPS) is 15.7. The van der Waals surface area contributed by atoms with Gasteiger partial charge in [0, 0.05) is 26.3 Å². The van der Waals surface area contributed by atoms with Gasteiger partial charge >= 0.3 is 6.09 Å². The minimum Gasteiger partial charge on any atom is -0.444 e. The minimum atomic E-state index is -0.435. The van der Waals surface area contributed by atoms with Crippen LogP contribution >= 0.6 is 0 Å². The van der Waals surface area contributed by atoms with Crippen LogP contribution in [0.25, 0.3) is 0 Å². The van der Waals surface area contributed by atoms with E-state index < -0.39 is 5.60 Å². The summed E-state index contributed by atoms with van der Waals surface area (Å²) in [7, 11) is 0. The quantitative estimate of drug-likeness (QED) is 0.581. The van der Waals surface area contributed by atoms with Gasteiger partial charge in [0.2, 0.25) is 0 Å². The Kier molecular flexibility index (Phi) is 9.08. The van der Waals surface area contributed by atoms with Gasteiger partial charge in [-0.25, -0.2) is 4.79 Å². The van der Waals surface area contributed by atoms with E-state index in [-0.39, 0.29) is 12.2 Å². The standard InChI is InChI=1S/C22H35NO4/c1-22(2,3)27-21(24)23-14-12-20(13-15-23)26-17-9-5-8-16-25-18-19-10-6-4-7-11-19/h4,6-7,10-11,20H,5,8-9,12-18H2,1-3H3. The van der Waals surface area contributed by atoms with E-state index in [1.54, 1.807) is 4.90 Å². The molecular weight excluding hydrogens is 342 g/mol. The summed E-state index contributed by atoms with van der Waals surface area (Å²) in [6.07, 6.45) is 5.06. The van der Waals surface area contributed by atoms with Crippen molar-refractivity contribution in [1.82, 2.24) is 4.90 Å². The fraction of sp³-hybridized carbons (Fsp3) is 0.682. The Balaban J connectivity index is 1.45. The molecule has 0 spiro atoms. The molecule has 1 amide bonds. The lowest BCUT2D eigenvalue weighted by molar-refractivity contribution is -0.0124. The predicted molar refractivity (Wildman–Crippen MR) is 107 cm³/mol. The number of hydrogen-bond acceptors (Lipinski definition) is 4. The van der Waals surface area contributed by atoms with Crippen molar-refractivity contribution in [1.29, 1.82) is 0 Å². The molecule has 1 aromatic carbocycles. The second-order valence-corrected chi connectivity index (χ2v) is 8.14. The van der Waals surface area contributed by atoms with Crippen LogP contribution in [0.15, 0.2) is 30.3 Å². The number of hydrogen-bond donors (Lipinski definition) is 0. The van der Waals surface area contributed by atoms with Crippen LogP contribution < -0.4 is 0 Å². The maximum Gasteiger partial charge on any atom is 0.410 e. The molecular formula is C22H35NO4. The molecule has 1 aromatic rings. The number of unbranched alkanes of at least 4 members (excludes halogenated alkanes) is 2. The highest BCUT2D eigenvalue weighted by atomic mass is 16.6. The maximum absolute atomic E-state index is 12.0. The molecule has 5 nitrogen and oxygen atoms in total. The number of carbonyl (C=O) groups is 1. The lowest BCUT2D eigenvalue weighted by Gasteiger charge is -2.33. The van der Waals surface area contributed by atoms with E-state index in [0.29, 0.717) is 19.7 Å². The van der Waals surface area contributed by atoms with Gasteiger partial charge in [-0.1, -0.05) is 30.3 Å². The molecule has 0 aliphatic carbocycles. The summed E-state index contributed by atoms with van der Waals surface area (Å²) in [5.41, 5.74) is 0.786. The topological polar surface area (TPSA) is 48.0 Å². The molecule has 0 unspecified atom stereocenters. The van der Waals surface area contributed by atoms with Crippen LogP contribution in [0.4, 0.5) is 4.79 Å². The second kappa shape index (κ2) is 11.3. The number of ether oxygens (including phenoxy) is 3. The Bertz CT molecular complexity index is 533. The molecule has 1 aliphatic heterocycles. The molecule has 1 aliphatic rings. The van der Waals surface area contributed by atoms with E-state index in [2.05, 4.69) is 12.1 Å². The molecule has 27 heavy (non-hydrogen) atoms. The highest BCUT2D eigenvalue weighted by molar-refractivity contribution is 5.68. The summed E-state index contributed by atoms with van der Waals surface area (Å²) < 4.78 is 17.1. The zero-order valence-electron chi connectivity index (χ0n) is 17.1. The van der Waals surface area contributed by atoms with E-state index in [0.717, 1.165) is 45.3 Å². The van der Waals surface area contributed by atoms with Crippen molar-refractivity contribution in [3.8, 4) is 0 Å². The molecule has 1 saturated heterocycles. The molecule has 2 rings (SSSR count). The van der Waals surface area contributed by atoms with Gasteiger partial charge in [0.15, 0.2) is 0 Å². The fourth-order valence-electron chi connectivity index (χ4n) is 3.03. The lowest BCUT2D eigenvalue weighted by Crippen LogP contribution is -2.43. The van der Waals surface area contributed by atoms with Crippen molar-refractivity contribution in [2.75, 3.05) is 26.3 Å². The van der Waals surface area contributed by atoms with Gasteiger partial charge in [-0.05, 0) is 58.4 Å². The summed E-state index contributed by atoms with van der Waals surface area (Å²) in [4.78, 5) is 13.8. The van der Waals surface area contributed by atoms with Crippen molar-refractivity contribution in [3.05, 3.63) is 35.9 Å². The third-order valence-electron chi connectivity index (χ3n) is 4.49. The van der Waals surface area contributed by atoms with Crippen molar-refractivity contribution in [3.63, 3.8) is 0 Å². The molecule has 0 bridgehead atoms. The van der Waals surface area contributed by atoms with E-state index in [1.165, 1.54) is 5.56 Å². The average Bonchev–Trinajstić information content (AvgIpc) is 2.64. The van der Waals surface area contributed by atoms with Crippen molar-refractivity contribution < 1.29 is 19.0 Å². The second-order valence-electron chi connectivity index (χ2n) is 8.14. The zero-order valence-corrected chi connectivity index (χ0v) is 17.1.